The van der Waals surface area contributed by atoms with Gasteiger partial charge in [-0.15, -0.1) is 0 Å². The Morgan fingerprint density at radius 3 is 2.35 bits per heavy atom. The first-order valence-electron chi connectivity index (χ1n) is 12.5. The van der Waals surface area contributed by atoms with Crippen molar-refractivity contribution in [2.45, 2.75) is 51.0 Å². The van der Waals surface area contributed by atoms with Gasteiger partial charge in [0.15, 0.2) is 0 Å². The van der Waals surface area contributed by atoms with Crippen LogP contribution in [-0.2, 0) is 19.6 Å². The van der Waals surface area contributed by atoms with Gasteiger partial charge in [0.05, 0.1) is 16.3 Å². The Morgan fingerprint density at radius 2 is 1.71 bits per heavy atom. The first-order chi connectivity index (χ1) is 16.3. The fourth-order valence-electron chi connectivity index (χ4n) is 5.32. The number of nitrogens with zero attached hydrogens (tertiary/aromatic N) is 5. The van der Waals surface area contributed by atoms with Gasteiger partial charge in [-0.25, -0.2) is 8.42 Å². The zero-order valence-corrected chi connectivity index (χ0v) is 21.4. The molecule has 0 bridgehead atoms. The molecule has 0 aliphatic carbocycles. The van der Waals surface area contributed by atoms with Gasteiger partial charge in [-0.3, -0.25) is 14.5 Å². The van der Waals surface area contributed by atoms with E-state index in [1.807, 2.05) is 24.8 Å². The van der Waals surface area contributed by atoms with Gasteiger partial charge in [0, 0.05) is 45.8 Å². The van der Waals surface area contributed by atoms with E-state index in [0.717, 1.165) is 51.1 Å². The zero-order valence-electron chi connectivity index (χ0n) is 20.6. The number of sulfonamides is 1. The van der Waals surface area contributed by atoms with Crippen molar-refractivity contribution in [2.75, 3.05) is 68.7 Å². The first-order valence-corrected chi connectivity index (χ1v) is 14.0. The molecule has 0 saturated carbocycles. The fourth-order valence-corrected chi connectivity index (χ4v) is 6.80. The van der Waals surface area contributed by atoms with Crippen LogP contribution < -0.4 is 9.80 Å². The van der Waals surface area contributed by atoms with E-state index in [9.17, 15) is 18.0 Å². The maximum Gasteiger partial charge on any atom is 0.250 e. The number of carbonyl (C=O) groups is 2. The summed E-state index contributed by atoms with van der Waals surface area (Å²) in [5.74, 6) is -0.193. The minimum atomic E-state index is -3.69. The third-order valence-corrected chi connectivity index (χ3v) is 9.46. The zero-order chi connectivity index (χ0) is 24.5. The highest BCUT2D eigenvalue weighted by Crippen LogP contribution is 2.41. The average molecular weight is 492 g/mol. The average Bonchev–Trinajstić information content (AvgIpc) is 2.86. The molecule has 2 fully saturated rings. The Labute approximate surface area is 203 Å². The van der Waals surface area contributed by atoms with Crippen LogP contribution >= 0.6 is 0 Å². The van der Waals surface area contributed by atoms with Gasteiger partial charge in [0.25, 0.3) is 0 Å². The monoisotopic (exact) mass is 491 g/mol. The third kappa shape index (κ3) is 4.55. The lowest BCUT2D eigenvalue weighted by Crippen LogP contribution is -2.58. The van der Waals surface area contributed by atoms with Crippen LogP contribution in [0.2, 0.25) is 0 Å². The smallest absolute Gasteiger partial charge is 0.250 e. The number of anilines is 2. The largest absolute Gasteiger partial charge is 0.358 e. The Bertz CT molecular complexity index is 1020. The third-order valence-electron chi connectivity index (χ3n) is 7.41. The number of fused-ring (bicyclic) bond motifs is 3. The fraction of sp³-hybridized carbons (Fsp3) is 0.667. The van der Waals surface area contributed by atoms with Crippen LogP contribution in [0.3, 0.4) is 0 Å². The lowest BCUT2D eigenvalue weighted by atomic mass is 9.96. The van der Waals surface area contributed by atoms with E-state index in [0.29, 0.717) is 31.9 Å². The van der Waals surface area contributed by atoms with E-state index in [4.69, 9.17) is 0 Å². The molecule has 4 rings (SSSR count). The van der Waals surface area contributed by atoms with Crippen LogP contribution in [0.25, 0.3) is 0 Å². The van der Waals surface area contributed by atoms with E-state index in [2.05, 4.69) is 16.7 Å². The lowest BCUT2D eigenvalue weighted by Gasteiger charge is -2.45. The number of piperazine rings is 1. The van der Waals surface area contributed by atoms with Gasteiger partial charge in [0.2, 0.25) is 21.8 Å². The summed E-state index contributed by atoms with van der Waals surface area (Å²) in [7, 11) is -3.69. The molecule has 9 nitrogen and oxygen atoms in total. The van der Waals surface area contributed by atoms with Crippen molar-refractivity contribution in [1.82, 2.24) is 14.1 Å². The molecule has 0 aromatic heterocycles. The predicted octanol–water partition coefficient (Wildman–Crippen LogP) is 1.59. The van der Waals surface area contributed by atoms with Crippen molar-refractivity contribution in [2.24, 2.45) is 0 Å². The maximum absolute atomic E-state index is 13.6. The summed E-state index contributed by atoms with van der Waals surface area (Å²) >= 11 is 0. The minimum Gasteiger partial charge on any atom is -0.358 e. The van der Waals surface area contributed by atoms with Crippen LogP contribution in [0.1, 0.15) is 40.0 Å². The van der Waals surface area contributed by atoms with E-state index in [-0.39, 0.29) is 29.3 Å². The van der Waals surface area contributed by atoms with Crippen LogP contribution in [0.5, 0.6) is 0 Å². The number of piperidine rings is 1. The molecule has 3 aliphatic heterocycles. The summed E-state index contributed by atoms with van der Waals surface area (Å²) < 4.78 is 27.8. The molecule has 0 N–H and O–H groups in total. The van der Waals surface area contributed by atoms with Gasteiger partial charge < -0.3 is 14.7 Å². The first kappa shape index (κ1) is 24.9. The van der Waals surface area contributed by atoms with Gasteiger partial charge >= 0.3 is 0 Å². The highest BCUT2D eigenvalue weighted by atomic mass is 32.2. The molecule has 1 aromatic rings. The topological polar surface area (TPSA) is 84.5 Å². The minimum absolute atomic E-state index is 0.0585. The molecule has 1 unspecified atom stereocenters. The number of hydrogen-bond acceptors (Lipinski definition) is 6. The molecule has 0 radical (unpaired) electrons. The van der Waals surface area contributed by atoms with E-state index in [1.165, 1.54) is 9.21 Å². The number of carbonyl (C=O) groups excluding carboxylic acids is 2. The molecule has 10 heteroatoms. The molecule has 1 aromatic carbocycles. The Morgan fingerprint density at radius 1 is 1.00 bits per heavy atom. The summed E-state index contributed by atoms with van der Waals surface area (Å²) in [4.78, 5) is 34.7. The summed E-state index contributed by atoms with van der Waals surface area (Å²) in [5.41, 5.74) is 1.36. The second-order valence-corrected chi connectivity index (χ2v) is 11.1. The molecule has 2 saturated heterocycles. The molecule has 188 valence electrons. The van der Waals surface area contributed by atoms with Gasteiger partial charge in [0.1, 0.15) is 12.6 Å². The quantitative estimate of drug-likeness (QED) is 0.576. The second kappa shape index (κ2) is 10.2. The molecule has 34 heavy (non-hydrogen) atoms. The standard InChI is InChI=1S/C24H37N5O4S/c1-4-25-13-15-26(16-14-25)23(30)18-29-22-17-19(34(32,33)27(5-2)6-3)10-11-20(22)28-12-8-7-9-21(28)24(29)31/h10-11,17,21H,4-9,12-16,18H2,1-3H3. The summed E-state index contributed by atoms with van der Waals surface area (Å²) in [5, 5.41) is 0. The molecule has 3 aliphatic rings. The normalized spacial score (nSPS) is 21.6. The van der Waals surface area contributed by atoms with Crippen LogP contribution in [0.15, 0.2) is 23.1 Å². The summed E-state index contributed by atoms with van der Waals surface area (Å²) in [6.45, 7) is 11.1. The van der Waals surface area contributed by atoms with Crippen molar-refractivity contribution < 1.29 is 18.0 Å². The number of hydrogen-bond donors (Lipinski definition) is 0. The van der Waals surface area contributed by atoms with Crippen molar-refractivity contribution in [3.8, 4) is 0 Å². The van der Waals surface area contributed by atoms with Crippen molar-refractivity contribution in [1.29, 1.82) is 0 Å². The summed E-state index contributed by atoms with van der Waals surface area (Å²) in [6, 6.07) is 4.75. The van der Waals surface area contributed by atoms with E-state index in [1.54, 1.807) is 12.1 Å². The van der Waals surface area contributed by atoms with E-state index < -0.39 is 10.0 Å². The Balaban J connectivity index is 1.68. The maximum atomic E-state index is 13.6. The number of amides is 2. The van der Waals surface area contributed by atoms with E-state index >= 15 is 0 Å². The lowest BCUT2D eigenvalue weighted by molar-refractivity contribution is -0.133. The molecule has 3 heterocycles. The molecular weight excluding hydrogens is 454 g/mol. The van der Waals surface area contributed by atoms with Gasteiger partial charge in [-0.2, -0.15) is 4.31 Å². The number of rotatable bonds is 7. The van der Waals surface area contributed by atoms with Gasteiger partial charge in [-0.05, 0) is 44.0 Å². The van der Waals surface area contributed by atoms with Gasteiger partial charge in [-0.1, -0.05) is 20.8 Å². The van der Waals surface area contributed by atoms with Crippen molar-refractivity contribution >= 4 is 33.2 Å². The number of likely N-dealkylation sites (N-methyl/N-ethyl adjacent to an activating group) is 1. The van der Waals surface area contributed by atoms with Crippen LogP contribution in [-0.4, -0.2) is 99.3 Å². The second-order valence-electron chi connectivity index (χ2n) is 9.18. The summed E-state index contributed by atoms with van der Waals surface area (Å²) in [6.07, 6.45) is 2.71. The van der Waals surface area contributed by atoms with Crippen LogP contribution in [0.4, 0.5) is 11.4 Å². The SMILES string of the molecule is CCN1CCN(C(=O)CN2C(=O)C3CCCCN3c3ccc(S(=O)(=O)N(CC)CC)cc32)CC1. The molecule has 0 spiro atoms. The highest BCUT2D eigenvalue weighted by molar-refractivity contribution is 7.89. The Kier molecular flexibility index (Phi) is 7.49. The van der Waals surface area contributed by atoms with Crippen molar-refractivity contribution in [3.63, 3.8) is 0 Å². The van der Waals surface area contributed by atoms with Crippen molar-refractivity contribution in [3.05, 3.63) is 18.2 Å². The van der Waals surface area contributed by atoms with Crippen LogP contribution in [0, 0.1) is 0 Å². The molecule has 2 amide bonds. The molecule has 1 atom stereocenters. The predicted molar refractivity (Wildman–Crippen MR) is 133 cm³/mol. The number of benzene rings is 1. The Hall–Kier alpha value is -2.17. The highest BCUT2D eigenvalue weighted by Gasteiger charge is 2.41. The molecular formula is C24H37N5O4S.